The smallest absolute Gasteiger partial charge is 0.237 e. The van der Waals surface area contributed by atoms with Crippen molar-refractivity contribution in [1.82, 2.24) is 5.32 Å². The largest absolute Gasteiger partial charge is 0.368 e. The van der Waals surface area contributed by atoms with Crippen molar-refractivity contribution in [1.29, 1.82) is 0 Å². The van der Waals surface area contributed by atoms with Gasteiger partial charge in [0.1, 0.15) is 0 Å². The summed E-state index contributed by atoms with van der Waals surface area (Å²) < 4.78 is 0. The molecule has 0 aromatic rings. The molecule has 1 fully saturated rings. The second-order valence-electron chi connectivity index (χ2n) is 4.15. The van der Waals surface area contributed by atoms with E-state index >= 15 is 0 Å². The highest BCUT2D eigenvalue weighted by Crippen LogP contribution is 2.31. The molecular formula is C9H18N2O. The maximum Gasteiger partial charge on any atom is 0.237 e. The van der Waals surface area contributed by atoms with E-state index in [0.29, 0.717) is 0 Å². The van der Waals surface area contributed by atoms with Crippen LogP contribution in [0.25, 0.3) is 0 Å². The Morgan fingerprint density at radius 3 is 2.58 bits per heavy atom. The number of primary amides is 1. The molecule has 1 amide bonds. The van der Waals surface area contributed by atoms with E-state index in [4.69, 9.17) is 5.73 Å². The molecule has 0 aliphatic heterocycles. The summed E-state index contributed by atoms with van der Waals surface area (Å²) in [5.41, 5.74) is 4.65. The van der Waals surface area contributed by atoms with E-state index in [1.807, 2.05) is 13.8 Å². The minimum atomic E-state index is -0.547. The Morgan fingerprint density at radius 1 is 1.58 bits per heavy atom. The van der Waals surface area contributed by atoms with Crippen LogP contribution >= 0.6 is 0 Å². The van der Waals surface area contributed by atoms with Crippen LogP contribution in [-0.4, -0.2) is 18.0 Å². The van der Waals surface area contributed by atoms with Gasteiger partial charge in [0.15, 0.2) is 0 Å². The van der Waals surface area contributed by atoms with E-state index in [0.717, 1.165) is 12.5 Å². The van der Waals surface area contributed by atoms with Gasteiger partial charge in [0, 0.05) is 0 Å². The lowest BCUT2D eigenvalue weighted by Gasteiger charge is -2.22. The number of nitrogens with two attached hydrogens (primary N) is 1. The molecule has 70 valence electrons. The van der Waals surface area contributed by atoms with Crippen molar-refractivity contribution in [2.24, 2.45) is 11.7 Å². The average Bonchev–Trinajstić information content (AvgIpc) is 2.70. The quantitative estimate of drug-likeness (QED) is 0.636. The van der Waals surface area contributed by atoms with Crippen LogP contribution in [0.3, 0.4) is 0 Å². The Hall–Kier alpha value is -0.570. The summed E-state index contributed by atoms with van der Waals surface area (Å²) >= 11 is 0. The minimum absolute atomic E-state index is 0.279. The van der Waals surface area contributed by atoms with E-state index in [9.17, 15) is 4.79 Å². The third kappa shape index (κ3) is 2.81. The van der Waals surface area contributed by atoms with Gasteiger partial charge in [0.2, 0.25) is 5.91 Å². The molecule has 0 atom stereocenters. The molecule has 3 nitrogen and oxygen atoms in total. The number of hydrogen-bond donors (Lipinski definition) is 2. The highest BCUT2D eigenvalue weighted by Gasteiger charge is 2.26. The first-order valence-electron chi connectivity index (χ1n) is 4.57. The summed E-state index contributed by atoms with van der Waals surface area (Å²) in [7, 11) is 0. The van der Waals surface area contributed by atoms with Gasteiger partial charge < -0.3 is 11.1 Å². The normalized spacial score (nSPS) is 17.8. The summed E-state index contributed by atoms with van der Waals surface area (Å²) in [6, 6.07) is 0. The number of nitrogens with one attached hydrogen (secondary N) is 1. The summed E-state index contributed by atoms with van der Waals surface area (Å²) in [5, 5.41) is 3.16. The van der Waals surface area contributed by atoms with Crippen molar-refractivity contribution in [2.75, 3.05) is 6.54 Å². The number of rotatable bonds is 5. The van der Waals surface area contributed by atoms with E-state index in [1.54, 1.807) is 0 Å². The van der Waals surface area contributed by atoms with Crippen LogP contribution in [0.15, 0.2) is 0 Å². The highest BCUT2D eigenvalue weighted by atomic mass is 16.1. The molecule has 0 spiro atoms. The van der Waals surface area contributed by atoms with Crippen LogP contribution in [-0.2, 0) is 4.79 Å². The summed E-state index contributed by atoms with van der Waals surface area (Å²) in [6.45, 7) is 4.55. The molecule has 0 heterocycles. The zero-order chi connectivity index (χ0) is 9.19. The minimum Gasteiger partial charge on any atom is -0.368 e. The lowest BCUT2D eigenvalue weighted by Crippen LogP contribution is -2.50. The predicted molar refractivity (Wildman–Crippen MR) is 48.6 cm³/mol. The molecule has 0 radical (unpaired) electrons. The Morgan fingerprint density at radius 2 is 2.17 bits per heavy atom. The van der Waals surface area contributed by atoms with Crippen LogP contribution in [0, 0.1) is 5.92 Å². The Kier molecular flexibility index (Phi) is 2.73. The van der Waals surface area contributed by atoms with Crippen LogP contribution in [0.2, 0.25) is 0 Å². The molecule has 1 saturated carbocycles. The maximum absolute atomic E-state index is 10.9. The lowest BCUT2D eigenvalue weighted by molar-refractivity contribution is -0.123. The molecule has 1 aliphatic rings. The monoisotopic (exact) mass is 170 g/mol. The second-order valence-corrected chi connectivity index (χ2v) is 4.15. The third-order valence-corrected chi connectivity index (χ3v) is 2.43. The average molecular weight is 170 g/mol. The Labute approximate surface area is 73.7 Å². The summed E-state index contributed by atoms with van der Waals surface area (Å²) in [4.78, 5) is 10.9. The molecule has 0 unspecified atom stereocenters. The van der Waals surface area contributed by atoms with Crippen LogP contribution in [0.5, 0.6) is 0 Å². The summed E-state index contributed by atoms with van der Waals surface area (Å²) in [5.74, 6) is 0.625. The lowest BCUT2D eigenvalue weighted by atomic mass is 10.1. The zero-order valence-electron chi connectivity index (χ0n) is 7.89. The van der Waals surface area contributed by atoms with Crippen LogP contribution in [0.1, 0.15) is 33.1 Å². The van der Waals surface area contributed by atoms with Crippen molar-refractivity contribution in [3.05, 3.63) is 0 Å². The molecule has 0 saturated heterocycles. The van der Waals surface area contributed by atoms with E-state index in [2.05, 4.69) is 5.32 Å². The fourth-order valence-corrected chi connectivity index (χ4v) is 1.08. The molecule has 0 bridgehead atoms. The van der Waals surface area contributed by atoms with E-state index in [1.165, 1.54) is 19.3 Å². The predicted octanol–water partition coefficient (Wildman–Crippen LogP) is 0.640. The number of hydrogen-bond acceptors (Lipinski definition) is 2. The SMILES string of the molecule is CC(C)(NCCC1CC1)C(N)=O. The number of carbonyl (C=O) groups excluding carboxylic acids is 1. The van der Waals surface area contributed by atoms with Gasteiger partial charge in [-0.25, -0.2) is 0 Å². The first-order chi connectivity index (χ1) is 5.52. The van der Waals surface area contributed by atoms with Gasteiger partial charge in [0.05, 0.1) is 5.54 Å². The number of carbonyl (C=O) groups is 1. The maximum atomic E-state index is 10.9. The van der Waals surface area contributed by atoms with Gasteiger partial charge in [-0.05, 0) is 32.7 Å². The molecule has 1 rings (SSSR count). The second kappa shape index (κ2) is 3.44. The zero-order valence-corrected chi connectivity index (χ0v) is 7.89. The molecule has 1 aliphatic carbocycles. The number of amides is 1. The Balaban J connectivity index is 2.14. The fourth-order valence-electron chi connectivity index (χ4n) is 1.08. The van der Waals surface area contributed by atoms with Crippen molar-refractivity contribution in [2.45, 2.75) is 38.6 Å². The molecule has 3 heteroatoms. The third-order valence-electron chi connectivity index (χ3n) is 2.43. The molecular weight excluding hydrogens is 152 g/mol. The van der Waals surface area contributed by atoms with Crippen molar-refractivity contribution < 1.29 is 4.79 Å². The van der Waals surface area contributed by atoms with E-state index in [-0.39, 0.29) is 5.91 Å². The fraction of sp³-hybridized carbons (Fsp3) is 0.889. The van der Waals surface area contributed by atoms with Gasteiger partial charge in [-0.1, -0.05) is 12.8 Å². The molecule has 3 N–H and O–H groups in total. The van der Waals surface area contributed by atoms with Gasteiger partial charge in [0.25, 0.3) is 0 Å². The van der Waals surface area contributed by atoms with Crippen LogP contribution < -0.4 is 11.1 Å². The molecule has 0 aromatic heterocycles. The van der Waals surface area contributed by atoms with E-state index < -0.39 is 5.54 Å². The van der Waals surface area contributed by atoms with Crippen LogP contribution in [0.4, 0.5) is 0 Å². The topological polar surface area (TPSA) is 55.1 Å². The molecule has 12 heavy (non-hydrogen) atoms. The molecule has 0 aromatic carbocycles. The standard InChI is InChI=1S/C9H18N2O/c1-9(2,8(10)12)11-6-5-7-3-4-7/h7,11H,3-6H2,1-2H3,(H2,10,12). The highest BCUT2D eigenvalue weighted by molar-refractivity contribution is 5.83. The van der Waals surface area contributed by atoms with Crippen molar-refractivity contribution >= 4 is 5.91 Å². The Bertz CT molecular complexity index is 173. The van der Waals surface area contributed by atoms with Crippen molar-refractivity contribution in [3.63, 3.8) is 0 Å². The first-order valence-corrected chi connectivity index (χ1v) is 4.57. The summed E-state index contributed by atoms with van der Waals surface area (Å²) in [6.07, 6.45) is 3.90. The van der Waals surface area contributed by atoms with Gasteiger partial charge >= 0.3 is 0 Å². The van der Waals surface area contributed by atoms with Gasteiger partial charge in [-0.2, -0.15) is 0 Å². The van der Waals surface area contributed by atoms with Gasteiger partial charge in [-0.3, -0.25) is 4.79 Å². The van der Waals surface area contributed by atoms with Crippen molar-refractivity contribution in [3.8, 4) is 0 Å². The van der Waals surface area contributed by atoms with Gasteiger partial charge in [-0.15, -0.1) is 0 Å². The first kappa shape index (κ1) is 9.52.